The van der Waals surface area contributed by atoms with Crippen molar-refractivity contribution in [3.8, 4) is 11.5 Å². The van der Waals surface area contributed by atoms with Gasteiger partial charge in [0.1, 0.15) is 6.23 Å². The van der Waals surface area contributed by atoms with Gasteiger partial charge in [-0.15, -0.1) is 0 Å². The van der Waals surface area contributed by atoms with Crippen LogP contribution >= 0.6 is 0 Å². The standard InChI is InChI=1S/C22H26N2O5/c1-5-11-10-24-17-6-12(11)19(20(25)28-4)21-9-18(24)29-22(17,21)23-14-8-16(27-3)15(26-2)7-13(14)21/h5,7-8,12,17-19,23H,6,9-10H2,1-4H3/b11-5-/t12?,17-,18+,19-,21?,22?/m0/s1. The van der Waals surface area contributed by atoms with Crippen LogP contribution < -0.4 is 14.8 Å². The number of methoxy groups -OCH3 is 3. The van der Waals surface area contributed by atoms with E-state index >= 15 is 0 Å². The molecule has 6 atom stereocenters. The van der Waals surface area contributed by atoms with E-state index in [4.69, 9.17) is 18.9 Å². The first kappa shape index (κ1) is 17.6. The molecule has 0 amide bonds. The van der Waals surface area contributed by atoms with Gasteiger partial charge in [0.05, 0.1) is 38.7 Å². The summed E-state index contributed by atoms with van der Waals surface area (Å²) in [7, 11) is 4.77. The molecule has 7 nitrogen and oxygen atoms in total. The van der Waals surface area contributed by atoms with E-state index in [9.17, 15) is 4.79 Å². The van der Waals surface area contributed by atoms with Gasteiger partial charge in [-0.25, -0.2) is 0 Å². The van der Waals surface area contributed by atoms with Crippen molar-refractivity contribution in [1.29, 1.82) is 0 Å². The molecule has 1 spiro atoms. The Kier molecular flexibility index (Phi) is 3.31. The van der Waals surface area contributed by atoms with Crippen LogP contribution in [0.25, 0.3) is 0 Å². The molecule has 4 heterocycles. The second-order valence-corrected chi connectivity index (χ2v) is 8.76. The summed E-state index contributed by atoms with van der Waals surface area (Å²) < 4.78 is 23.3. The first-order valence-electron chi connectivity index (χ1n) is 10.3. The normalized spacial score (nSPS) is 41.9. The van der Waals surface area contributed by atoms with Gasteiger partial charge in [-0.2, -0.15) is 0 Å². The van der Waals surface area contributed by atoms with Crippen LogP contribution in [0, 0.1) is 11.8 Å². The summed E-state index contributed by atoms with van der Waals surface area (Å²) in [4.78, 5) is 15.8. The predicted molar refractivity (Wildman–Crippen MR) is 105 cm³/mol. The molecule has 4 fully saturated rings. The molecule has 1 aliphatic carbocycles. The van der Waals surface area contributed by atoms with Gasteiger partial charge in [0.2, 0.25) is 0 Å². The molecule has 29 heavy (non-hydrogen) atoms. The number of nitrogens with one attached hydrogen (secondary N) is 1. The molecular formula is C22H26N2O5. The van der Waals surface area contributed by atoms with Crippen LogP contribution in [-0.2, 0) is 19.7 Å². The summed E-state index contributed by atoms with van der Waals surface area (Å²) in [5, 5.41) is 3.72. The van der Waals surface area contributed by atoms with Gasteiger partial charge >= 0.3 is 5.97 Å². The first-order valence-corrected chi connectivity index (χ1v) is 10.3. The highest BCUT2D eigenvalue weighted by Gasteiger charge is 2.82. The van der Waals surface area contributed by atoms with E-state index in [2.05, 4.69) is 23.2 Å². The maximum atomic E-state index is 13.3. The van der Waals surface area contributed by atoms with Gasteiger partial charge in [0.25, 0.3) is 0 Å². The Morgan fingerprint density at radius 2 is 2.03 bits per heavy atom. The van der Waals surface area contributed by atoms with Crippen LogP contribution in [0.15, 0.2) is 23.8 Å². The SMILES string of the molecule is C/C=C1/CN2[C@H]3CC1[C@@H](C(=O)OC)C14C[C@H]2OC31Nc1cc(OC)c(OC)cc14. The lowest BCUT2D eigenvalue weighted by atomic mass is 9.49. The number of benzene rings is 1. The second kappa shape index (κ2) is 5.46. The van der Waals surface area contributed by atoms with E-state index in [1.54, 1.807) is 14.2 Å². The molecule has 3 saturated heterocycles. The summed E-state index contributed by atoms with van der Waals surface area (Å²) in [5.74, 6) is 1.05. The van der Waals surface area contributed by atoms with Gasteiger partial charge in [0, 0.05) is 24.7 Å². The molecule has 1 saturated carbocycles. The third-order valence-electron chi connectivity index (χ3n) is 8.12. The highest BCUT2D eigenvalue weighted by atomic mass is 16.6. The Hall–Kier alpha value is -2.25. The highest BCUT2D eigenvalue weighted by Crippen LogP contribution is 2.72. The van der Waals surface area contributed by atoms with E-state index in [0.717, 1.165) is 30.6 Å². The fourth-order valence-corrected chi connectivity index (χ4v) is 7.12. The molecule has 0 aromatic heterocycles. The Bertz CT molecular complexity index is 961. The van der Waals surface area contributed by atoms with Crippen LogP contribution in [0.3, 0.4) is 0 Å². The number of hydrogen-bond donors (Lipinski definition) is 1. The fourth-order valence-electron chi connectivity index (χ4n) is 7.12. The van der Waals surface area contributed by atoms with E-state index in [-0.39, 0.29) is 30.1 Å². The van der Waals surface area contributed by atoms with Crippen molar-refractivity contribution in [3.05, 3.63) is 29.3 Å². The maximum absolute atomic E-state index is 13.3. The Morgan fingerprint density at radius 3 is 2.72 bits per heavy atom. The summed E-state index contributed by atoms with van der Waals surface area (Å²) in [6, 6.07) is 4.24. The number of anilines is 1. The number of carbonyl (C=O) groups excluding carboxylic acids is 1. The average Bonchev–Trinajstić information content (AvgIpc) is 3.33. The summed E-state index contributed by atoms with van der Waals surface area (Å²) >= 11 is 0. The highest BCUT2D eigenvalue weighted by molar-refractivity contribution is 5.82. The topological polar surface area (TPSA) is 69.3 Å². The zero-order valence-corrected chi connectivity index (χ0v) is 17.2. The van der Waals surface area contributed by atoms with Gasteiger partial charge < -0.3 is 24.3 Å². The lowest BCUT2D eigenvalue weighted by molar-refractivity contribution is -0.161. The molecule has 1 aromatic carbocycles. The van der Waals surface area contributed by atoms with E-state index in [1.807, 2.05) is 12.1 Å². The Labute approximate surface area is 169 Å². The van der Waals surface area contributed by atoms with E-state index in [0.29, 0.717) is 11.5 Å². The van der Waals surface area contributed by atoms with Gasteiger partial charge in [-0.3, -0.25) is 9.69 Å². The molecule has 0 radical (unpaired) electrons. The number of allylic oxidation sites excluding steroid dienone is 1. The molecule has 1 N–H and O–H groups in total. The minimum Gasteiger partial charge on any atom is -0.493 e. The lowest BCUT2D eigenvalue weighted by Crippen LogP contribution is -2.73. The average molecular weight is 398 g/mol. The molecule has 4 bridgehead atoms. The van der Waals surface area contributed by atoms with Crippen LogP contribution in [-0.4, -0.2) is 56.7 Å². The van der Waals surface area contributed by atoms with Gasteiger partial charge in [0.15, 0.2) is 17.2 Å². The number of hydrogen-bond acceptors (Lipinski definition) is 7. The monoisotopic (exact) mass is 398 g/mol. The number of nitrogens with zero attached hydrogens (tertiary/aromatic N) is 1. The fraction of sp³-hybridized carbons (Fsp3) is 0.591. The minimum atomic E-state index is -0.619. The van der Waals surface area contributed by atoms with Crippen LogP contribution in [0.2, 0.25) is 0 Å². The molecule has 6 rings (SSSR count). The predicted octanol–water partition coefficient (Wildman–Crippen LogP) is 2.26. The summed E-state index contributed by atoms with van der Waals surface area (Å²) in [5.41, 5.74) is 2.25. The van der Waals surface area contributed by atoms with Crippen molar-refractivity contribution >= 4 is 11.7 Å². The summed E-state index contributed by atoms with van der Waals surface area (Å²) in [6.45, 7) is 2.92. The van der Waals surface area contributed by atoms with Crippen LogP contribution in [0.5, 0.6) is 11.5 Å². The number of rotatable bonds is 3. The zero-order valence-electron chi connectivity index (χ0n) is 17.2. The molecule has 3 unspecified atom stereocenters. The third kappa shape index (κ3) is 1.73. The van der Waals surface area contributed by atoms with Crippen molar-refractivity contribution in [3.63, 3.8) is 0 Å². The van der Waals surface area contributed by atoms with Crippen molar-refractivity contribution < 1.29 is 23.7 Å². The van der Waals surface area contributed by atoms with Crippen molar-refractivity contribution in [2.45, 2.75) is 43.2 Å². The van der Waals surface area contributed by atoms with Crippen molar-refractivity contribution in [2.24, 2.45) is 11.8 Å². The number of carbonyl (C=O) groups is 1. The number of piperidine rings is 2. The number of esters is 1. The third-order valence-corrected chi connectivity index (χ3v) is 8.12. The molecule has 4 aliphatic heterocycles. The summed E-state index contributed by atoms with van der Waals surface area (Å²) in [6.07, 6.45) is 3.84. The van der Waals surface area contributed by atoms with Gasteiger partial charge in [-0.05, 0) is 30.9 Å². The van der Waals surface area contributed by atoms with Crippen LogP contribution in [0.4, 0.5) is 5.69 Å². The second-order valence-electron chi connectivity index (χ2n) is 8.76. The van der Waals surface area contributed by atoms with Crippen molar-refractivity contribution in [2.75, 3.05) is 33.2 Å². The molecule has 5 aliphatic rings. The van der Waals surface area contributed by atoms with Crippen molar-refractivity contribution in [1.82, 2.24) is 4.90 Å². The zero-order chi connectivity index (χ0) is 20.1. The Balaban J connectivity index is 1.64. The van der Waals surface area contributed by atoms with Gasteiger partial charge in [-0.1, -0.05) is 11.6 Å². The van der Waals surface area contributed by atoms with Crippen LogP contribution in [0.1, 0.15) is 25.3 Å². The van der Waals surface area contributed by atoms with E-state index < -0.39 is 11.1 Å². The maximum Gasteiger partial charge on any atom is 0.310 e. The first-order chi connectivity index (χ1) is 14.0. The largest absolute Gasteiger partial charge is 0.493 e. The lowest BCUT2D eigenvalue weighted by Gasteiger charge is -2.60. The van der Waals surface area contributed by atoms with E-state index in [1.165, 1.54) is 12.7 Å². The quantitative estimate of drug-likeness (QED) is 0.619. The smallest absolute Gasteiger partial charge is 0.310 e. The number of fused-ring (bicyclic) bond motifs is 4. The molecule has 7 heteroatoms. The molecule has 1 aromatic rings. The number of ether oxygens (including phenoxy) is 4. The minimum absolute atomic E-state index is 0.00268. The molecule has 154 valence electrons. The molecular weight excluding hydrogens is 372 g/mol. The Morgan fingerprint density at radius 1 is 1.28 bits per heavy atom.